The van der Waals surface area contributed by atoms with Gasteiger partial charge in [-0.1, -0.05) is 71.1 Å². The van der Waals surface area contributed by atoms with Crippen molar-refractivity contribution < 1.29 is 14.4 Å². The van der Waals surface area contributed by atoms with E-state index in [1.165, 1.54) is 62.9 Å². The molecule has 0 aliphatic rings. The Morgan fingerprint density at radius 3 is 1.81 bits per heavy atom. The van der Waals surface area contributed by atoms with E-state index >= 15 is 0 Å². The predicted octanol–water partition coefficient (Wildman–Crippen LogP) is 4.34. The molecule has 0 saturated carbocycles. The molecule has 0 aromatic rings. The van der Waals surface area contributed by atoms with Crippen molar-refractivity contribution in [3.8, 4) is 0 Å². The molecule has 0 spiro atoms. The summed E-state index contributed by atoms with van der Waals surface area (Å²) in [5.74, 6) is -0.170. The number of carbonyl (C=O) groups excluding carboxylic acids is 2. The zero-order chi connectivity index (χ0) is 19.6. The van der Waals surface area contributed by atoms with Crippen LogP contribution >= 0.6 is 0 Å². The normalized spacial score (nSPS) is 11.7. The molecule has 6 heteroatoms. The fourth-order valence-electron chi connectivity index (χ4n) is 2.95. The van der Waals surface area contributed by atoms with Gasteiger partial charge in [-0.05, 0) is 19.8 Å². The molecule has 0 aromatic heterocycles. The molecular formula is C21H43N2NaO3. The minimum atomic E-state index is -0.263. The van der Waals surface area contributed by atoms with E-state index in [0.717, 1.165) is 12.8 Å². The van der Waals surface area contributed by atoms with Crippen LogP contribution in [0.1, 0.15) is 104 Å². The van der Waals surface area contributed by atoms with Crippen molar-refractivity contribution in [1.29, 1.82) is 0 Å². The molecule has 1 amide bonds. The van der Waals surface area contributed by atoms with Gasteiger partial charge in [0.1, 0.15) is 0 Å². The molecule has 0 heterocycles. The van der Waals surface area contributed by atoms with Crippen LogP contribution in [-0.2, 0) is 14.4 Å². The molecule has 0 bridgehead atoms. The summed E-state index contributed by atoms with van der Waals surface area (Å²) in [6.07, 6.45) is 15.7. The number of hydroxylamine groups is 2. The van der Waals surface area contributed by atoms with Gasteiger partial charge in [0, 0.05) is 33.0 Å². The summed E-state index contributed by atoms with van der Waals surface area (Å²) in [5.41, 5.74) is 0. The van der Waals surface area contributed by atoms with E-state index in [1.54, 1.807) is 14.1 Å². The van der Waals surface area contributed by atoms with Crippen LogP contribution in [0.15, 0.2) is 0 Å². The zero-order valence-corrected chi connectivity index (χ0v) is 17.6. The molecule has 156 valence electrons. The van der Waals surface area contributed by atoms with Gasteiger partial charge >= 0.3 is 35.5 Å². The number of rotatable bonds is 17. The van der Waals surface area contributed by atoms with E-state index in [9.17, 15) is 9.59 Å². The Balaban J connectivity index is 0. The second-order valence-electron chi connectivity index (χ2n) is 7.57. The third kappa shape index (κ3) is 22.1. The second kappa shape index (κ2) is 20.6. The Morgan fingerprint density at radius 2 is 1.33 bits per heavy atom. The van der Waals surface area contributed by atoms with Crippen LogP contribution in [-0.4, -0.2) is 66.6 Å². The number of carbonyl (C=O) groups is 2. The molecule has 0 fully saturated rings. The minimum absolute atomic E-state index is 0. The van der Waals surface area contributed by atoms with E-state index in [-0.39, 0.29) is 47.5 Å². The first-order chi connectivity index (χ1) is 12.5. The van der Waals surface area contributed by atoms with Crippen molar-refractivity contribution in [1.82, 2.24) is 10.4 Å². The number of hydrogen-bond donors (Lipinski definition) is 1. The molecule has 0 radical (unpaired) electrons. The topological polar surface area (TPSA) is 58.6 Å². The van der Waals surface area contributed by atoms with Crippen molar-refractivity contribution >= 4 is 41.4 Å². The quantitative estimate of drug-likeness (QED) is 0.226. The van der Waals surface area contributed by atoms with Gasteiger partial charge in [0.25, 0.3) is 0 Å². The van der Waals surface area contributed by atoms with Crippen LogP contribution in [0, 0.1) is 0 Å². The van der Waals surface area contributed by atoms with Gasteiger partial charge in [-0.3, -0.25) is 9.59 Å². The van der Waals surface area contributed by atoms with Crippen molar-refractivity contribution in [2.75, 3.05) is 14.1 Å². The van der Waals surface area contributed by atoms with Crippen molar-refractivity contribution in [3.63, 3.8) is 0 Å². The summed E-state index contributed by atoms with van der Waals surface area (Å²) in [4.78, 5) is 28.3. The first-order valence-corrected chi connectivity index (χ1v) is 10.6. The van der Waals surface area contributed by atoms with Gasteiger partial charge in [-0.2, -0.15) is 0 Å². The number of hydrogen-bond acceptors (Lipinski definition) is 4. The Bertz CT molecular complexity index is 365. The molecule has 27 heavy (non-hydrogen) atoms. The maximum atomic E-state index is 11.9. The summed E-state index contributed by atoms with van der Waals surface area (Å²) in [7, 11) is 3.35. The monoisotopic (exact) mass is 394 g/mol. The summed E-state index contributed by atoms with van der Waals surface area (Å²) in [6.45, 7) is 4.19. The third-order valence-corrected chi connectivity index (χ3v) is 4.48. The van der Waals surface area contributed by atoms with Crippen LogP contribution in [0.3, 0.4) is 0 Å². The van der Waals surface area contributed by atoms with Crippen LogP contribution in [0.4, 0.5) is 0 Å². The Labute approximate surface area is 189 Å². The van der Waals surface area contributed by atoms with E-state index < -0.39 is 0 Å². The Kier molecular flexibility index (Phi) is 22.2. The van der Waals surface area contributed by atoms with Gasteiger partial charge in [-0.15, -0.1) is 5.06 Å². The summed E-state index contributed by atoms with van der Waals surface area (Å²) < 4.78 is 0. The molecule has 0 aliphatic carbocycles. The SMILES string of the molecule is CCCCCCCCCCCCCC(=O)NC(C)CCC(=O)ON(C)C.[NaH]. The van der Waals surface area contributed by atoms with E-state index in [1.807, 2.05) is 6.92 Å². The second-order valence-corrected chi connectivity index (χ2v) is 7.57. The van der Waals surface area contributed by atoms with Gasteiger partial charge in [0.15, 0.2) is 0 Å². The number of nitrogens with one attached hydrogen (secondary N) is 1. The van der Waals surface area contributed by atoms with E-state index in [0.29, 0.717) is 19.3 Å². The van der Waals surface area contributed by atoms with Crippen molar-refractivity contribution in [3.05, 3.63) is 0 Å². The van der Waals surface area contributed by atoms with E-state index in [4.69, 9.17) is 4.84 Å². The number of nitrogens with zero attached hydrogens (tertiary/aromatic N) is 1. The average molecular weight is 395 g/mol. The zero-order valence-electron chi connectivity index (χ0n) is 17.6. The fourth-order valence-corrected chi connectivity index (χ4v) is 2.95. The number of unbranched alkanes of at least 4 members (excludes halogenated alkanes) is 10. The molecular weight excluding hydrogens is 351 g/mol. The van der Waals surface area contributed by atoms with Gasteiger partial charge in [0.05, 0.1) is 0 Å². The first-order valence-electron chi connectivity index (χ1n) is 10.6. The van der Waals surface area contributed by atoms with Crippen LogP contribution < -0.4 is 5.32 Å². The summed E-state index contributed by atoms with van der Waals surface area (Å²) in [5, 5.41) is 4.35. The Hall–Kier alpha value is -0.100. The molecule has 5 nitrogen and oxygen atoms in total. The van der Waals surface area contributed by atoms with Gasteiger partial charge in [-0.25, -0.2) is 0 Å². The molecule has 1 atom stereocenters. The Morgan fingerprint density at radius 1 is 0.852 bits per heavy atom. The van der Waals surface area contributed by atoms with Crippen molar-refractivity contribution in [2.24, 2.45) is 0 Å². The summed E-state index contributed by atoms with van der Waals surface area (Å²) in [6, 6.07) is 0.00456. The summed E-state index contributed by atoms with van der Waals surface area (Å²) >= 11 is 0. The first kappa shape index (κ1) is 29.1. The van der Waals surface area contributed by atoms with E-state index in [2.05, 4.69) is 12.2 Å². The number of amides is 1. The molecule has 1 N–H and O–H groups in total. The molecule has 1 unspecified atom stereocenters. The van der Waals surface area contributed by atoms with Crippen molar-refractivity contribution in [2.45, 2.75) is 110 Å². The standard InChI is InChI=1S/C21H42N2O3.Na.H/c1-5-6-7-8-9-10-11-12-13-14-15-16-20(24)22-19(2)17-18-21(25)26-23(3)4;;/h19H,5-18H2,1-4H3,(H,22,24);;. The average Bonchev–Trinajstić information content (AvgIpc) is 2.57. The third-order valence-electron chi connectivity index (χ3n) is 4.48. The van der Waals surface area contributed by atoms with Crippen LogP contribution in [0.5, 0.6) is 0 Å². The molecule has 0 aromatic carbocycles. The van der Waals surface area contributed by atoms with Crippen LogP contribution in [0.25, 0.3) is 0 Å². The molecule has 0 rings (SSSR count). The van der Waals surface area contributed by atoms with Crippen LogP contribution in [0.2, 0.25) is 0 Å². The van der Waals surface area contributed by atoms with Gasteiger partial charge in [0.2, 0.25) is 5.91 Å². The maximum absolute atomic E-state index is 11.9. The van der Waals surface area contributed by atoms with Gasteiger partial charge < -0.3 is 10.2 Å². The predicted molar refractivity (Wildman–Crippen MR) is 115 cm³/mol. The molecule has 0 aliphatic heterocycles. The molecule has 0 saturated heterocycles. The fraction of sp³-hybridized carbons (Fsp3) is 0.905.